The molecule has 2 heterocycles. The molecule has 2 aromatic heterocycles. The van der Waals surface area contributed by atoms with Crippen LogP contribution in [0.3, 0.4) is 0 Å². The van der Waals surface area contributed by atoms with Crippen LogP contribution in [-0.4, -0.2) is 31.0 Å². The second kappa shape index (κ2) is 7.27. The van der Waals surface area contributed by atoms with Gasteiger partial charge in [0.05, 0.1) is 5.69 Å². The summed E-state index contributed by atoms with van der Waals surface area (Å²) >= 11 is 0. The minimum Gasteiger partial charge on any atom is -0.328 e. The number of aryl methyl sites for hydroxylation is 1. The maximum atomic E-state index is 6.03. The molecule has 138 valence electrons. The first-order valence-corrected chi connectivity index (χ1v) is 9.77. The Kier molecular flexibility index (Phi) is 4.85. The van der Waals surface area contributed by atoms with E-state index in [2.05, 4.69) is 21.9 Å². The van der Waals surface area contributed by atoms with Crippen molar-refractivity contribution in [1.29, 1.82) is 0 Å². The Balaban J connectivity index is 1.61. The smallest absolute Gasteiger partial charge is 0.135 e. The molecule has 0 amide bonds. The molecule has 6 heteroatoms. The third-order valence-electron chi connectivity index (χ3n) is 5.80. The van der Waals surface area contributed by atoms with Crippen LogP contribution in [0, 0.1) is 11.8 Å². The van der Waals surface area contributed by atoms with E-state index >= 15 is 0 Å². The van der Waals surface area contributed by atoms with Crippen molar-refractivity contribution in [3.05, 3.63) is 29.9 Å². The lowest BCUT2D eigenvalue weighted by Gasteiger charge is -2.25. The monoisotopic (exact) mass is 352 g/mol. The lowest BCUT2D eigenvalue weighted by atomic mass is 9.84. The Morgan fingerprint density at radius 1 is 1.12 bits per heavy atom. The minimum atomic E-state index is 0.371. The number of aromatic nitrogens is 5. The van der Waals surface area contributed by atoms with Crippen molar-refractivity contribution in [3.63, 3.8) is 0 Å². The molecule has 2 aliphatic rings. The van der Waals surface area contributed by atoms with Gasteiger partial charge in [-0.2, -0.15) is 0 Å². The summed E-state index contributed by atoms with van der Waals surface area (Å²) in [6.45, 7) is 3.93. The molecule has 0 radical (unpaired) electrons. The van der Waals surface area contributed by atoms with Gasteiger partial charge in [0.1, 0.15) is 17.2 Å². The number of hydrogen-bond acceptors (Lipinski definition) is 5. The second-order valence-electron chi connectivity index (χ2n) is 7.94. The van der Waals surface area contributed by atoms with E-state index in [1.54, 1.807) is 0 Å². The highest BCUT2D eigenvalue weighted by molar-refractivity contribution is 5.69. The van der Waals surface area contributed by atoms with Gasteiger partial charge in [0, 0.05) is 31.3 Å². The van der Waals surface area contributed by atoms with Gasteiger partial charge in [-0.05, 0) is 56.8 Å². The summed E-state index contributed by atoms with van der Waals surface area (Å²) in [5, 5.41) is 8.69. The highest BCUT2D eigenvalue weighted by atomic mass is 15.4. The largest absolute Gasteiger partial charge is 0.328 e. The van der Waals surface area contributed by atoms with Crippen LogP contribution in [0.2, 0.25) is 0 Å². The molecule has 2 saturated carbocycles. The predicted octanol–water partition coefficient (Wildman–Crippen LogP) is 2.93. The van der Waals surface area contributed by atoms with E-state index < -0.39 is 0 Å². The number of nitrogens with zero attached hydrogens (tertiary/aromatic N) is 5. The van der Waals surface area contributed by atoms with Gasteiger partial charge >= 0.3 is 0 Å². The number of nitrogens with two attached hydrogens (primary N) is 1. The summed E-state index contributed by atoms with van der Waals surface area (Å²) in [7, 11) is 1.97. The molecule has 2 aromatic rings. The van der Waals surface area contributed by atoms with Crippen molar-refractivity contribution in [2.75, 3.05) is 0 Å². The highest BCUT2D eigenvalue weighted by Crippen LogP contribution is 2.35. The van der Waals surface area contributed by atoms with Crippen LogP contribution in [0.25, 0.3) is 17.5 Å². The molecule has 0 bridgehead atoms. The van der Waals surface area contributed by atoms with Gasteiger partial charge in [-0.15, -0.1) is 5.10 Å². The van der Waals surface area contributed by atoms with Crippen molar-refractivity contribution in [3.8, 4) is 11.4 Å². The first-order chi connectivity index (χ1) is 12.6. The normalized spacial score (nSPS) is 23.2. The zero-order chi connectivity index (χ0) is 18.1. The predicted molar refractivity (Wildman–Crippen MR) is 102 cm³/mol. The fourth-order valence-corrected chi connectivity index (χ4v) is 3.90. The van der Waals surface area contributed by atoms with Crippen molar-refractivity contribution < 1.29 is 0 Å². The van der Waals surface area contributed by atoms with E-state index in [4.69, 9.17) is 10.7 Å². The van der Waals surface area contributed by atoms with E-state index in [-0.39, 0.29) is 0 Å². The molecule has 2 N–H and O–H groups in total. The van der Waals surface area contributed by atoms with E-state index in [9.17, 15) is 0 Å². The summed E-state index contributed by atoms with van der Waals surface area (Å²) in [6.07, 6.45) is 12.8. The summed E-state index contributed by atoms with van der Waals surface area (Å²) in [4.78, 5) is 9.49. The van der Waals surface area contributed by atoms with Gasteiger partial charge in [0.25, 0.3) is 0 Å². The van der Waals surface area contributed by atoms with E-state index in [0.29, 0.717) is 12.0 Å². The molecule has 0 spiro atoms. The lowest BCUT2D eigenvalue weighted by molar-refractivity contribution is 0.321. The second-order valence-corrected chi connectivity index (χ2v) is 7.94. The van der Waals surface area contributed by atoms with Crippen LogP contribution in [0.15, 0.2) is 12.8 Å². The minimum absolute atomic E-state index is 0.371. The first-order valence-electron chi connectivity index (χ1n) is 9.77. The summed E-state index contributed by atoms with van der Waals surface area (Å²) in [6, 6.07) is 0.371. The third-order valence-corrected chi connectivity index (χ3v) is 5.80. The summed E-state index contributed by atoms with van der Waals surface area (Å²) in [5.74, 6) is 2.30. The average molecular weight is 352 g/mol. The Morgan fingerprint density at radius 2 is 1.81 bits per heavy atom. The van der Waals surface area contributed by atoms with Crippen LogP contribution in [0.5, 0.6) is 0 Å². The SMILES string of the molecule is C=Cc1cnc(CC2CCC(N)CC2)nc1-c1nnn(C)c1CC1CC1. The first kappa shape index (κ1) is 17.3. The van der Waals surface area contributed by atoms with Gasteiger partial charge in [-0.1, -0.05) is 17.9 Å². The lowest BCUT2D eigenvalue weighted by Crippen LogP contribution is -2.27. The van der Waals surface area contributed by atoms with Crippen LogP contribution in [0.1, 0.15) is 55.6 Å². The fraction of sp³-hybridized carbons (Fsp3) is 0.600. The molecule has 2 aliphatic carbocycles. The van der Waals surface area contributed by atoms with Gasteiger partial charge in [-0.3, -0.25) is 4.68 Å². The summed E-state index contributed by atoms with van der Waals surface area (Å²) < 4.78 is 1.89. The van der Waals surface area contributed by atoms with Crippen LogP contribution in [0.4, 0.5) is 0 Å². The Bertz CT molecular complexity index is 784. The maximum absolute atomic E-state index is 6.03. The summed E-state index contributed by atoms with van der Waals surface area (Å²) in [5.41, 5.74) is 9.90. The Morgan fingerprint density at radius 3 is 2.50 bits per heavy atom. The Hall–Kier alpha value is -2.08. The van der Waals surface area contributed by atoms with Gasteiger partial charge in [0.2, 0.25) is 0 Å². The molecular weight excluding hydrogens is 324 g/mol. The van der Waals surface area contributed by atoms with Crippen molar-refractivity contribution in [2.45, 2.75) is 57.4 Å². The quantitative estimate of drug-likeness (QED) is 0.864. The van der Waals surface area contributed by atoms with E-state index in [0.717, 1.165) is 54.4 Å². The van der Waals surface area contributed by atoms with E-state index in [1.165, 1.54) is 31.4 Å². The molecule has 0 atom stereocenters. The highest BCUT2D eigenvalue weighted by Gasteiger charge is 2.27. The maximum Gasteiger partial charge on any atom is 0.135 e. The van der Waals surface area contributed by atoms with E-state index in [1.807, 2.05) is 24.0 Å². The fourth-order valence-electron chi connectivity index (χ4n) is 3.90. The topological polar surface area (TPSA) is 82.5 Å². The van der Waals surface area contributed by atoms with Crippen molar-refractivity contribution in [1.82, 2.24) is 25.0 Å². The number of hydrogen-bond donors (Lipinski definition) is 1. The standard InChI is InChI=1S/C20H28N6/c1-3-15-12-22-18(11-14-6-8-16(21)9-7-14)23-19(15)20-17(10-13-4-5-13)26(2)25-24-20/h3,12-14,16H,1,4-11,21H2,2H3. The molecule has 0 aliphatic heterocycles. The molecule has 26 heavy (non-hydrogen) atoms. The number of rotatable bonds is 6. The van der Waals surface area contributed by atoms with Crippen LogP contribution in [-0.2, 0) is 19.9 Å². The van der Waals surface area contributed by atoms with Crippen molar-refractivity contribution >= 4 is 6.08 Å². The molecule has 0 saturated heterocycles. The molecule has 0 aromatic carbocycles. The molecule has 4 rings (SSSR count). The molecule has 2 fully saturated rings. The molecule has 6 nitrogen and oxygen atoms in total. The van der Waals surface area contributed by atoms with Gasteiger partial charge in [-0.25, -0.2) is 9.97 Å². The van der Waals surface area contributed by atoms with Gasteiger partial charge < -0.3 is 5.73 Å². The Labute approximate surface area is 154 Å². The zero-order valence-electron chi connectivity index (χ0n) is 15.6. The average Bonchev–Trinajstić information content (AvgIpc) is 3.40. The molecule has 0 unspecified atom stereocenters. The van der Waals surface area contributed by atoms with Crippen LogP contribution < -0.4 is 5.73 Å². The zero-order valence-corrected chi connectivity index (χ0v) is 15.6. The third kappa shape index (κ3) is 3.70. The van der Waals surface area contributed by atoms with Gasteiger partial charge in [0.15, 0.2) is 0 Å². The van der Waals surface area contributed by atoms with Crippen molar-refractivity contribution in [2.24, 2.45) is 24.6 Å². The molecular formula is C20H28N6. The van der Waals surface area contributed by atoms with Crippen LogP contribution >= 0.6 is 0 Å².